The van der Waals surface area contributed by atoms with E-state index < -0.39 is 0 Å². The zero-order valence-corrected chi connectivity index (χ0v) is 9.97. The Kier molecular flexibility index (Phi) is 2.52. The third-order valence-corrected chi connectivity index (χ3v) is 2.87. The molecule has 1 heterocycles. The van der Waals surface area contributed by atoms with Gasteiger partial charge in [0.05, 0.1) is 0 Å². The molecule has 0 bridgehead atoms. The number of hydrogen-bond donors (Lipinski definition) is 0. The average molecular weight is 240 g/mol. The van der Waals surface area contributed by atoms with E-state index in [4.69, 9.17) is 9.15 Å². The summed E-state index contributed by atoms with van der Waals surface area (Å²) in [6.45, 7) is 1.77. The molecule has 3 rings (SSSR count). The van der Waals surface area contributed by atoms with Crippen LogP contribution in [-0.4, -0.2) is 5.97 Å². The largest absolute Gasteiger partial charge is 0.456 e. The van der Waals surface area contributed by atoms with Gasteiger partial charge >= 0.3 is 5.97 Å². The molecule has 0 aliphatic heterocycles. The molecule has 18 heavy (non-hydrogen) atoms. The Morgan fingerprint density at radius 2 is 1.89 bits per heavy atom. The van der Waals surface area contributed by atoms with Crippen molar-refractivity contribution in [2.75, 3.05) is 0 Å². The van der Waals surface area contributed by atoms with E-state index in [-0.39, 0.29) is 5.97 Å². The van der Waals surface area contributed by atoms with Crippen LogP contribution in [0.1, 0.15) is 13.3 Å². The summed E-state index contributed by atoms with van der Waals surface area (Å²) >= 11 is 0. The van der Waals surface area contributed by atoms with Crippen molar-refractivity contribution >= 4 is 27.9 Å². The standard InChI is InChI=1S/C15H12O3/c1-2-15(16)17-10-7-8-12-11-5-3-4-6-13(11)18-14(12)9-10/h3-9H,2H2,1H3. The van der Waals surface area contributed by atoms with Crippen LogP contribution in [0.25, 0.3) is 21.9 Å². The van der Waals surface area contributed by atoms with Crippen LogP contribution in [0.4, 0.5) is 0 Å². The lowest BCUT2D eigenvalue weighted by atomic mass is 10.1. The van der Waals surface area contributed by atoms with E-state index in [0.717, 1.165) is 21.9 Å². The summed E-state index contributed by atoms with van der Waals surface area (Å²) in [5.74, 6) is 0.277. The predicted octanol–water partition coefficient (Wildman–Crippen LogP) is 3.90. The van der Waals surface area contributed by atoms with Crippen LogP contribution in [0.3, 0.4) is 0 Å². The highest BCUT2D eigenvalue weighted by atomic mass is 16.5. The molecule has 0 amide bonds. The van der Waals surface area contributed by atoms with E-state index in [2.05, 4.69) is 0 Å². The highest BCUT2D eigenvalue weighted by Crippen LogP contribution is 2.30. The van der Waals surface area contributed by atoms with Crippen molar-refractivity contribution in [3.8, 4) is 5.75 Å². The van der Waals surface area contributed by atoms with Crippen LogP contribution in [0.5, 0.6) is 5.75 Å². The van der Waals surface area contributed by atoms with Crippen LogP contribution < -0.4 is 4.74 Å². The van der Waals surface area contributed by atoms with Crippen LogP contribution in [0.2, 0.25) is 0 Å². The molecule has 0 saturated heterocycles. The Labute approximate surface area is 104 Å². The fourth-order valence-electron chi connectivity index (χ4n) is 1.97. The molecule has 0 N–H and O–H groups in total. The van der Waals surface area contributed by atoms with Crippen LogP contribution >= 0.6 is 0 Å². The summed E-state index contributed by atoms with van der Waals surface area (Å²) in [6, 6.07) is 13.3. The van der Waals surface area contributed by atoms with Gasteiger partial charge in [0.1, 0.15) is 16.9 Å². The number of carbonyl (C=O) groups excluding carboxylic acids is 1. The summed E-state index contributed by atoms with van der Waals surface area (Å²) in [5, 5.41) is 2.10. The second kappa shape index (κ2) is 4.18. The zero-order chi connectivity index (χ0) is 12.5. The Balaban J connectivity index is 2.12. The molecule has 0 spiro atoms. The second-order valence-corrected chi connectivity index (χ2v) is 4.08. The van der Waals surface area contributed by atoms with Crippen molar-refractivity contribution in [3.63, 3.8) is 0 Å². The summed E-state index contributed by atoms with van der Waals surface area (Å²) < 4.78 is 10.9. The van der Waals surface area contributed by atoms with Gasteiger partial charge in [-0.2, -0.15) is 0 Å². The number of furan rings is 1. The lowest BCUT2D eigenvalue weighted by molar-refractivity contribution is -0.134. The Morgan fingerprint density at radius 3 is 2.72 bits per heavy atom. The fraction of sp³-hybridized carbons (Fsp3) is 0.133. The molecule has 0 aliphatic carbocycles. The summed E-state index contributed by atoms with van der Waals surface area (Å²) in [7, 11) is 0. The first-order valence-electron chi connectivity index (χ1n) is 5.90. The lowest BCUT2D eigenvalue weighted by Gasteiger charge is -2.01. The molecule has 0 saturated carbocycles. The molecule has 0 radical (unpaired) electrons. The number of esters is 1. The van der Waals surface area contributed by atoms with Gasteiger partial charge in [-0.05, 0) is 18.2 Å². The van der Waals surface area contributed by atoms with Gasteiger partial charge in [-0.25, -0.2) is 0 Å². The fourth-order valence-corrected chi connectivity index (χ4v) is 1.97. The summed E-state index contributed by atoms with van der Waals surface area (Å²) in [4.78, 5) is 11.2. The molecule has 0 atom stereocenters. The van der Waals surface area contributed by atoms with Gasteiger partial charge in [-0.1, -0.05) is 25.1 Å². The molecular formula is C15H12O3. The van der Waals surface area contributed by atoms with E-state index >= 15 is 0 Å². The van der Waals surface area contributed by atoms with Gasteiger partial charge in [0.15, 0.2) is 0 Å². The molecule has 2 aromatic carbocycles. The minimum Gasteiger partial charge on any atom is -0.456 e. The highest BCUT2D eigenvalue weighted by Gasteiger charge is 2.08. The number of fused-ring (bicyclic) bond motifs is 3. The van der Waals surface area contributed by atoms with Gasteiger partial charge in [0.25, 0.3) is 0 Å². The van der Waals surface area contributed by atoms with Crippen molar-refractivity contribution in [1.29, 1.82) is 0 Å². The predicted molar refractivity (Wildman–Crippen MR) is 69.6 cm³/mol. The smallest absolute Gasteiger partial charge is 0.310 e. The average Bonchev–Trinajstić information content (AvgIpc) is 2.76. The van der Waals surface area contributed by atoms with Crippen molar-refractivity contribution in [1.82, 2.24) is 0 Å². The summed E-state index contributed by atoms with van der Waals surface area (Å²) in [5.41, 5.74) is 1.57. The van der Waals surface area contributed by atoms with Gasteiger partial charge in [-0.3, -0.25) is 4.79 Å². The first kappa shape index (κ1) is 10.8. The highest BCUT2D eigenvalue weighted by molar-refractivity contribution is 6.05. The van der Waals surface area contributed by atoms with E-state index in [0.29, 0.717) is 12.2 Å². The molecule has 90 valence electrons. The minimum atomic E-state index is -0.245. The quantitative estimate of drug-likeness (QED) is 0.503. The molecule has 3 nitrogen and oxygen atoms in total. The number of para-hydroxylation sites is 1. The van der Waals surface area contributed by atoms with E-state index in [1.165, 1.54) is 0 Å². The normalized spacial score (nSPS) is 10.9. The van der Waals surface area contributed by atoms with E-state index in [1.807, 2.05) is 30.3 Å². The number of benzene rings is 2. The molecule has 0 aliphatic rings. The molecule has 0 fully saturated rings. The number of ether oxygens (including phenoxy) is 1. The van der Waals surface area contributed by atoms with Crippen molar-refractivity contribution in [2.24, 2.45) is 0 Å². The molecule has 0 unspecified atom stereocenters. The Hall–Kier alpha value is -2.29. The molecular weight excluding hydrogens is 228 g/mol. The molecule has 3 heteroatoms. The lowest BCUT2D eigenvalue weighted by Crippen LogP contribution is -2.05. The van der Waals surface area contributed by atoms with Crippen molar-refractivity contribution < 1.29 is 13.9 Å². The van der Waals surface area contributed by atoms with Gasteiger partial charge in [0, 0.05) is 23.3 Å². The number of rotatable bonds is 2. The number of hydrogen-bond acceptors (Lipinski definition) is 3. The topological polar surface area (TPSA) is 39.4 Å². The third kappa shape index (κ3) is 1.74. The maximum Gasteiger partial charge on any atom is 0.310 e. The molecule has 1 aromatic heterocycles. The van der Waals surface area contributed by atoms with Crippen LogP contribution in [0.15, 0.2) is 46.9 Å². The second-order valence-electron chi connectivity index (χ2n) is 4.08. The van der Waals surface area contributed by atoms with Crippen molar-refractivity contribution in [3.05, 3.63) is 42.5 Å². The van der Waals surface area contributed by atoms with Gasteiger partial charge in [-0.15, -0.1) is 0 Å². The minimum absolute atomic E-state index is 0.245. The van der Waals surface area contributed by atoms with E-state index in [1.54, 1.807) is 19.1 Å². The van der Waals surface area contributed by atoms with E-state index in [9.17, 15) is 4.79 Å². The Morgan fingerprint density at radius 1 is 1.11 bits per heavy atom. The maximum absolute atomic E-state index is 11.2. The first-order chi connectivity index (χ1) is 8.78. The maximum atomic E-state index is 11.2. The van der Waals surface area contributed by atoms with Crippen LogP contribution in [-0.2, 0) is 4.79 Å². The monoisotopic (exact) mass is 240 g/mol. The molecule has 3 aromatic rings. The third-order valence-electron chi connectivity index (χ3n) is 2.87. The van der Waals surface area contributed by atoms with Crippen molar-refractivity contribution in [2.45, 2.75) is 13.3 Å². The SMILES string of the molecule is CCC(=O)Oc1ccc2c(c1)oc1ccccc12. The zero-order valence-electron chi connectivity index (χ0n) is 9.97. The number of carbonyl (C=O) groups is 1. The van der Waals surface area contributed by atoms with Crippen LogP contribution in [0, 0.1) is 0 Å². The van der Waals surface area contributed by atoms with Gasteiger partial charge < -0.3 is 9.15 Å². The van der Waals surface area contributed by atoms with Gasteiger partial charge in [0.2, 0.25) is 0 Å². The Bertz CT molecular complexity index is 725. The summed E-state index contributed by atoms with van der Waals surface area (Å²) in [6.07, 6.45) is 0.359. The first-order valence-corrected chi connectivity index (χ1v) is 5.90.